The topological polar surface area (TPSA) is 82.7 Å². The van der Waals surface area contributed by atoms with Crippen LogP contribution >= 0.6 is 23.7 Å². The molecule has 0 spiro atoms. The number of aromatic amines is 1. The number of carbonyl (C=O) groups excluding carboxylic acids is 1. The van der Waals surface area contributed by atoms with Gasteiger partial charge in [0.1, 0.15) is 0 Å². The Balaban J connectivity index is 0.00000144. The van der Waals surface area contributed by atoms with Crippen molar-refractivity contribution < 1.29 is 4.79 Å². The van der Waals surface area contributed by atoms with Gasteiger partial charge in [0.05, 0.1) is 5.69 Å². The number of hydrogen-bond donors (Lipinski definition) is 3. The zero-order valence-electron chi connectivity index (χ0n) is 12.1. The molecule has 8 heteroatoms. The second-order valence-corrected chi connectivity index (χ2v) is 6.59. The van der Waals surface area contributed by atoms with Crippen molar-refractivity contribution in [2.75, 3.05) is 11.9 Å². The van der Waals surface area contributed by atoms with Gasteiger partial charge < -0.3 is 5.32 Å². The summed E-state index contributed by atoms with van der Waals surface area (Å²) in [4.78, 5) is 18.3. The number of hydrogen-bond acceptors (Lipinski definition) is 5. The highest BCUT2D eigenvalue weighted by atomic mass is 35.5. The van der Waals surface area contributed by atoms with Gasteiger partial charge >= 0.3 is 0 Å². The number of fused-ring (bicyclic) bond motifs is 2. The third-order valence-corrected chi connectivity index (χ3v) is 5.16. The van der Waals surface area contributed by atoms with Crippen LogP contribution in [0.4, 0.5) is 5.13 Å². The van der Waals surface area contributed by atoms with E-state index in [1.165, 1.54) is 17.7 Å². The number of rotatable bonds is 2. The van der Waals surface area contributed by atoms with E-state index in [9.17, 15) is 4.79 Å². The van der Waals surface area contributed by atoms with Gasteiger partial charge in [0, 0.05) is 35.6 Å². The Morgan fingerprint density at radius 1 is 1.23 bits per heavy atom. The number of halogens is 1. The van der Waals surface area contributed by atoms with E-state index in [1.807, 2.05) is 0 Å². The van der Waals surface area contributed by atoms with E-state index in [2.05, 4.69) is 25.8 Å². The summed E-state index contributed by atoms with van der Waals surface area (Å²) in [5.74, 6) is -0.165. The number of carbonyl (C=O) groups is 1. The summed E-state index contributed by atoms with van der Waals surface area (Å²) in [6.07, 6.45) is 5.43. The summed E-state index contributed by atoms with van der Waals surface area (Å²) in [7, 11) is 0. The Kier molecular flexibility index (Phi) is 4.46. The number of nitrogens with zero attached hydrogens (tertiary/aromatic N) is 2. The summed E-state index contributed by atoms with van der Waals surface area (Å²) >= 11 is 1.60. The molecule has 0 unspecified atom stereocenters. The Morgan fingerprint density at radius 3 is 2.95 bits per heavy atom. The number of nitrogens with one attached hydrogen (secondary N) is 3. The molecule has 2 aliphatic rings. The van der Waals surface area contributed by atoms with Crippen molar-refractivity contribution in [3.05, 3.63) is 27.5 Å². The van der Waals surface area contributed by atoms with Crippen LogP contribution in [0.2, 0.25) is 0 Å². The Bertz CT molecular complexity index is 672. The third kappa shape index (κ3) is 2.76. The molecule has 3 heterocycles. The van der Waals surface area contributed by atoms with Crippen LogP contribution in [0.5, 0.6) is 0 Å². The highest BCUT2D eigenvalue weighted by Gasteiger charge is 2.23. The molecule has 0 atom stereocenters. The van der Waals surface area contributed by atoms with Gasteiger partial charge in [-0.2, -0.15) is 5.10 Å². The van der Waals surface area contributed by atoms with Gasteiger partial charge in [0.2, 0.25) is 0 Å². The lowest BCUT2D eigenvalue weighted by molar-refractivity contribution is 0.102. The zero-order chi connectivity index (χ0) is 14.2. The predicted octanol–water partition coefficient (Wildman–Crippen LogP) is 2.06. The van der Waals surface area contributed by atoms with Crippen LogP contribution in [-0.4, -0.2) is 27.6 Å². The molecule has 2 aromatic heterocycles. The van der Waals surface area contributed by atoms with Gasteiger partial charge in [0.25, 0.3) is 5.91 Å². The second kappa shape index (κ2) is 6.36. The molecule has 0 saturated heterocycles. The maximum absolute atomic E-state index is 12.4. The Morgan fingerprint density at radius 2 is 2.09 bits per heavy atom. The minimum absolute atomic E-state index is 0. The number of aromatic nitrogens is 3. The first kappa shape index (κ1) is 15.5. The summed E-state index contributed by atoms with van der Waals surface area (Å²) < 4.78 is 0. The Hall–Kier alpha value is -1.44. The van der Waals surface area contributed by atoms with Crippen LogP contribution < -0.4 is 10.6 Å². The molecule has 2 aromatic rings. The number of H-pyrrole nitrogens is 1. The van der Waals surface area contributed by atoms with Gasteiger partial charge in [0.15, 0.2) is 10.8 Å². The number of aryl methyl sites for hydroxylation is 2. The van der Waals surface area contributed by atoms with Crippen LogP contribution in [0.15, 0.2) is 0 Å². The first-order chi connectivity index (χ1) is 10.3. The molecule has 0 radical (unpaired) electrons. The fourth-order valence-electron chi connectivity index (χ4n) is 2.97. The van der Waals surface area contributed by atoms with Gasteiger partial charge in [-0.3, -0.25) is 15.2 Å². The highest BCUT2D eigenvalue weighted by molar-refractivity contribution is 7.15. The maximum atomic E-state index is 12.4. The first-order valence-electron chi connectivity index (χ1n) is 7.38. The number of amides is 1. The molecule has 22 heavy (non-hydrogen) atoms. The molecule has 1 aliphatic heterocycles. The fourth-order valence-corrected chi connectivity index (χ4v) is 4.02. The molecule has 0 saturated carbocycles. The molecule has 118 valence electrons. The van der Waals surface area contributed by atoms with E-state index >= 15 is 0 Å². The van der Waals surface area contributed by atoms with Crippen LogP contribution in [0, 0.1) is 0 Å². The zero-order valence-corrected chi connectivity index (χ0v) is 13.7. The molecule has 0 bridgehead atoms. The van der Waals surface area contributed by atoms with Gasteiger partial charge in [-0.15, -0.1) is 23.7 Å². The average molecular weight is 340 g/mol. The average Bonchev–Trinajstić information content (AvgIpc) is 3.10. The summed E-state index contributed by atoms with van der Waals surface area (Å²) in [6.45, 7) is 1.62. The predicted molar refractivity (Wildman–Crippen MR) is 88.0 cm³/mol. The fraction of sp³-hybridized carbons (Fsp3) is 0.500. The van der Waals surface area contributed by atoms with Crippen molar-refractivity contribution >= 4 is 34.8 Å². The second-order valence-electron chi connectivity index (χ2n) is 5.51. The monoisotopic (exact) mass is 339 g/mol. The lowest BCUT2D eigenvalue weighted by Gasteiger charge is -2.12. The lowest BCUT2D eigenvalue weighted by Crippen LogP contribution is -2.25. The molecule has 3 N–H and O–H groups in total. The van der Waals surface area contributed by atoms with Crippen molar-refractivity contribution in [2.45, 2.75) is 38.6 Å². The van der Waals surface area contributed by atoms with Crippen molar-refractivity contribution in [3.63, 3.8) is 0 Å². The van der Waals surface area contributed by atoms with Crippen LogP contribution in [0.1, 0.15) is 45.2 Å². The molecule has 1 aliphatic carbocycles. The molecule has 0 aromatic carbocycles. The van der Waals surface area contributed by atoms with E-state index in [-0.39, 0.29) is 18.3 Å². The molecular formula is C14H18ClN5OS. The van der Waals surface area contributed by atoms with Crippen molar-refractivity contribution in [3.8, 4) is 0 Å². The van der Waals surface area contributed by atoms with Crippen molar-refractivity contribution in [1.29, 1.82) is 0 Å². The van der Waals surface area contributed by atoms with Crippen LogP contribution in [0.3, 0.4) is 0 Å². The van der Waals surface area contributed by atoms with Gasteiger partial charge in [-0.1, -0.05) is 0 Å². The highest BCUT2D eigenvalue weighted by Crippen LogP contribution is 2.30. The van der Waals surface area contributed by atoms with E-state index in [4.69, 9.17) is 0 Å². The van der Waals surface area contributed by atoms with Crippen LogP contribution in [0.25, 0.3) is 0 Å². The smallest absolute Gasteiger partial charge is 0.278 e. The van der Waals surface area contributed by atoms with E-state index in [1.54, 1.807) is 11.3 Å². The normalized spacial score (nSPS) is 16.4. The minimum Gasteiger partial charge on any atom is -0.312 e. The summed E-state index contributed by atoms with van der Waals surface area (Å²) in [5, 5.41) is 14.0. The van der Waals surface area contributed by atoms with Gasteiger partial charge in [-0.25, -0.2) is 4.98 Å². The SMILES string of the molecule is Cl.O=C(Nc1nc2c(s1)CCCC2)c1n[nH]c2c1CNCC2. The first-order valence-corrected chi connectivity index (χ1v) is 8.19. The summed E-state index contributed by atoms with van der Waals surface area (Å²) in [5.41, 5.74) is 3.70. The standard InChI is InChI=1S/C14H17N5OS.ClH/c20-13(12-8-7-15-6-5-9(8)18-19-12)17-14-16-10-3-1-2-4-11(10)21-14;/h15H,1-7H2,(H,18,19)(H,16,17,20);1H. The van der Waals surface area contributed by atoms with Crippen molar-refractivity contribution in [1.82, 2.24) is 20.5 Å². The van der Waals surface area contributed by atoms with E-state index in [0.29, 0.717) is 17.4 Å². The number of anilines is 1. The molecule has 4 rings (SSSR count). The van der Waals surface area contributed by atoms with E-state index < -0.39 is 0 Å². The minimum atomic E-state index is -0.165. The lowest BCUT2D eigenvalue weighted by atomic mass is 10.0. The number of thiazole rings is 1. The van der Waals surface area contributed by atoms with E-state index in [0.717, 1.165) is 42.8 Å². The van der Waals surface area contributed by atoms with Crippen molar-refractivity contribution in [2.24, 2.45) is 0 Å². The molecule has 1 amide bonds. The van der Waals surface area contributed by atoms with Crippen LogP contribution in [-0.2, 0) is 25.8 Å². The maximum Gasteiger partial charge on any atom is 0.278 e. The summed E-state index contributed by atoms with van der Waals surface area (Å²) in [6, 6.07) is 0. The molecule has 6 nitrogen and oxygen atoms in total. The molecule has 0 fully saturated rings. The quantitative estimate of drug-likeness (QED) is 0.782. The largest absolute Gasteiger partial charge is 0.312 e. The Labute approximate surface area is 138 Å². The third-order valence-electron chi connectivity index (χ3n) is 4.09. The van der Waals surface area contributed by atoms with Gasteiger partial charge in [-0.05, 0) is 25.7 Å². The molecular weight excluding hydrogens is 322 g/mol.